The zero-order valence-corrected chi connectivity index (χ0v) is 7.39. The number of hydrogen-bond donors (Lipinski definition) is 1. The lowest BCUT2D eigenvalue weighted by atomic mass is 10.3. The third-order valence-corrected chi connectivity index (χ3v) is 2.44. The maximum atomic E-state index is 10.7. The molecule has 0 heterocycles. The number of sulfonamides is 1. The molecule has 6 heteroatoms. The number of hydrogen-bond acceptors (Lipinski definition) is 2. The van der Waals surface area contributed by atoms with Crippen molar-refractivity contribution in [2.75, 3.05) is 0 Å². The first-order chi connectivity index (χ1) is 5.41. The van der Waals surface area contributed by atoms with E-state index in [-0.39, 0.29) is 9.92 Å². The first kappa shape index (κ1) is 9.31. The summed E-state index contributed by atoms with van der Waals surface area (Å²) in [5.74, 6) is -0.427. The SMILES string of the molecule is NS(=O)(=O)c1ccc([O])c(Cl)c1. The normalized spacial score (nSPS) is 11.5. The van der Waals surface area contributed by atoms with E-state index in [0.717, 1.165) is 18.2 Å². The van der Waals surface area contributed by atoms with Crippen molar-refractivity contribution >= 4 is 21.6 Å². The van der Waals surface area contributed by atoms with E-state index in [2.05, 4.69) is 0 Å². The Hall–Kier alpha value is -0.780. The Morgan fingerprint density at radius 2 is 1.92 bits per heavy atom. The van der Waals surface area contributed by atoms with Crippen LogP contribution in [0.15, 0.2) is 23.1 Å². The molecule has 4 nitrogen and oxygen atoms in total. The zero-order chi connectivity index (χ0) is 9.35. The van der Waals surface area contributed by atoms with Crippen molar-refractivity contribution in [3.05, 3.63) is 23.2 Å². The summed E-state index contributed by atoms with van der Waals surface area (Å²) in [7, 11) is -3.77. The van der Waals surface area contributed by atoms with Crippen molar-refractivity contribution in [3.63, 3.8) is 0 Å². The summed E-state index contributed by atoms with van der Waals surface area (Å²) in [5, 5.41) is 15.4. The summed E-state index contributed by atoms with van der Waals surface area (Å²) in [6, 6.07) is 3.20. The molecule has 0 aliphatic heterocycles. The Labute approximate surface area is 74.6 Å². The van der Waals surface area contributed by atoms with Crippen LogP contribution in [0.3, 0.4) is 0 Å². The molecule has 65 valence electrons. The number of rotatable bonds is 1. The quantitative estimate of drug-likeness (QED) is 0.748. The minimum absolute atomic E-state index is 0.151. The van der Waals surface area contributed by atoms with Crippen LogP contribution >= 0.6 is 11.6 Å². The minimum atomic E-state index is -3.77. The predicted molar refractivity (Wildman–Crippen MR) is 43.0 cm³/mol. The van der Waals surface area contributed by atoms with Gasteiger partial charge in [-0.3, -0.25) is 5.11 Å². The van der Waals surface area contributed by atoms with Gasteiger partial charge >= 0.3 is 0 Å². The Morgan fingerprint density at radius 3 is 2.33 bits per heavy atom. The van der Waals surface area contributed by atoms with Gasteiger partial charge in [0.05, 0.1) is 9.92 Å². The Morgan fingerprint density at radius 1 is 1.33 bits per heavy atom. The van der Waals surface area contributed by atoms with Gasteiger partial charge in [0.1, 0.15) is 0 Å². The largest absolute Gasteiger partial charge is 0.288 e. The third-order valence-electron chi connectivity index (χ3n) is 1.23. The Balaban J connectivity index is 3.33. The van der Waals surface area contributed by atoms with Crippen molar-refractivity contribution in [1.29, 1.82) is 0 Å². The molecule has 0 unspecified atom stereocenters. The van der Waals surface area contributed by atoms with Gasteiger partial charge in [0.25, 0.3) is 0 Å². The average Bonchev–Trinajstić information content (AvgIpc) is 1.92. The molecule has 0 aliphatic rings. The first-order valence-electron chi connectivity index (χ1n) is 2.90. The molecule has 0 fully saturated rings. The van der Waals surface area contributed by atoms with E-state index in [4.69, 9.17) is 16.7 Å². The Kier molecular flexibility index (Phi) is 2.27. The fourth-order valence-electron chi connectivity index (χ4n) is 0.659. The number of benzene rings is 1. The van der Waals surface area contributed by atoms with Gasteiger partial charge in [-0.15, -0.1) is 0 Å². The van der Waals surface area contributed by atoms with Gasteiger partial charge in [0.2, 0.25) is 10.0 Å². The Bertz CT molecular complexity index is 401. The lowest BCUT2D eigenvalue weighted by Gasteiger charge is -1.97. The highest BCUT2D eigenvalue weighted by molar-refractivity contribution is 7.89. The average molecular weight is 207 g/mol. The lowest BCUT2D eigenvalue weighted by molar-refractivity contribution is 0.355. The van der Waals surface area contributed by atoms with Crippen molar-refractivity contribution in [1.82, 2.24) is 0 Å². The van der Waals surface area contributed by atoms with Gasteiger partial charge in [0, 0.05) is 0 Å². The van der Waals surface area contributed by atoms with Gasteiger partial charge in [-0.1, -0.05) is 11.6 Å². The van der Waals surface area contributed by atoms with Gasteiger partial charge in [-0.05, 0) is 18.2 Å². The van der Waals surface area contributed by atoms with E-state index in [1.54, 1.807) is 0 Å². The molecular weight excluding hydrogens is 202 g/mol. The molecule has 1 radical (unpaired) electrons. The number of halogens is 1. The van der Waals surface area contributed by atoms with E-state index in [1.807, 2.05) is 0 Å². The third kappa shape index (κ3) is 1.88. The van der Waals surface area contributed by atoms with Crippen LogP contribution in [0, 0.1) is 0 Å². The van der Waals surface area contributed by atoms with Crippen LogP contribution < -0.4 is 5.14 Å². The highest BCUT2D eigenvalue weighted by Gasteiger charge is 2.10. The zero-order valence-electron chi connectivity index (χ0n) is 5.82. The monoisotopic (exact) mass is 206 g/mol. The molecule has 0 aromatic heterocycles. The minimum Gasteiger partial charge on any atom is -0.288 e. The van der Waals surface area contributed by atoms with E-state index < -0.39 is 15.8 Å². The maximum absolute atomic E-state index is 10.7. The molecular formula is C6H5ClNO3S. The number of nitrogens with two attached hydrogens (primary N) is 1. The van der Waals surface area contributed by atoms with E-state index in [1.165, 1.54) is 0 Å². The lowest BCUT2D eigenvalue weighted by Crippen LogP contribution is -2.11. The smallest absolute Gasteiger partial charge is 0.238 e. The van der Waals surface area contributed by atoms with E-state index >= 15 is 0 Å². The van der Waals surface area contributed by atoms with Crippen molar-refractivity contribution < 1.29 is 13.5 Å². The van der Waals surface area contributed by atoms with Crippen molar-refractivity contribution in [2.45, 2.75) is 4.90 Å². The maximum Gasteiger partial charge on any atom is 0.238 e. The molecule has 0 bridgehead atoms. The predicted octanol–water partition coefficient (Wildman–Crippen LogP) is 1.13. The van der Waals surface area contributed by atoms with E-state index in [0.29, 0.717) is 0 Å². The molecule has 1 aromatic rings. The second kappa shape index (κ2) is 2.93. The molecule has 0 aliphatic carbocycles. The van der Waals surface area contributed by atoms with Crippen molar-refractivity contribution in [3.8, 4) is 5.75 Å². The molecule has 0 atom stereocenters. The van der Waals surface area contributed by atoms with Gasteiger partial charge in [-0.25, -0.2) is 13.6 Å². The van der Waals surface area contributed by atoms with Crippen LogP contribution in [0.25, 0.3) is 0 Å². The molecule has 0 saturated heterocycles. The summed E-state index contributed by atoms with van der Waals surface area (Å²) in [6.07, 6.45) is 0. The molecule has 1 aromatic carbocycles. The molecule has 0 saturated carbocycles. The molecule has 0 amide bonds. The molecule has 12 heavy (non-hydrogen) atoms. The fraction of sp³-hybridized carbons (Fsp3) is 0. The highest BCUT2D eigenvalue weighted by atomic mass is 35.5. The summed E-state index contributed by atoms with van der Waals surface area (Å²) < 4.78 is 21.4. The summed E-state index contributed by atoms with van der Waals surface area (Å²) in [5.41, 5.74) is 0. The fourth-order valence-corrected chi connectivity index (χ4v) is 1.44. The number of primary sulfonamides is 1. The van der Waals surface area contributed by atoms with E-state index in [9.17, 15) is 13.5 Å². The van der Waals surface area contributed by atoms with Crippen LogP contribution in [0.1, 0.15) is 0 Å². The second-order valence-electron chi connectivity index (χ2n) is 2.14. The van der Waals surface area contributed by atoms with Gasteiger partial charge in [-0.2, -0.15) is 0 Å². The molecule has 1 rings (SSSR count). The molecule has 2 N–H and O–H groups in total. The first-order valence-corrected chi connectivity index (χ1v) is 4.83. The van der Waals surface area contributed by atoms with Crippen LogP contribution in [0.2, 0.25) is 5.02 Å². The highest BCUT2D eigenvalue weighted by Crippen LogP contribution is 2.25. The van der Waals surface area contributed by atoms with Gasteiger partial charge < -0.3 is 0 Å². The summed E-state index contributed by atoms with van der Waals surface area (Å²) in [6.45, 7) is 0. The molecule has 0 spiro atoms. The van der Waals surface area contributed by atoms with Gasteiger partial charge in [0.15, 0.2) is 5.75 Å². The van der Waals surface area contributed by atoms with Crippen LogP contribution in [0.4, 0.5) is 0 Å². The van der Waals surface area contributed by atoms with Crippen molar-refractivity contribution in [2.24, 2.45) is 5.14 Å². The second-order valence-corrected chi connectivity index (χ2v) is 4.11. The summed E-state index contributed by atoms with van der Waals surface area (Å²) >= 11 is 5.39. The van der Waals surface area contributed by atoms with Crippen LogP contribution in [0.5, 0.6) is 5.75 Å². The van der Waals surface area contributed by atoms with Crippen LogP contribution in [-0.2, 0) is 15.1 Å². The standard InChI is InChI=1S/C6H5ClNO3S/c7-5-3-4(12(8,10)11)1-2-6(5)9/h1-3H,(H2,8,10,11). The van der Waals surface area contributed by atoms with Crippen LogP contribution in [-0.4, -0.2) is 8.42 Å². The summed E-state index contributed by atoms with van der Waals surface area (Å²) in [4.78, 5) is -0.160. The topological polar surface area (TPSA) is 80.1 Å².